The van der Waals surface area contributed by atoms with E-state index >= 15 is 0 Å². The number of amides is 1. The first-order chi connectivity index (χ1) is 12.3. The second kappa shape index (κ2) is 8.91. The fourth-order valence-electron chi connectivity index (χ4n) is 2.31. The number of carbonyl (C=O) groups is 1. The van der Waals surface area contributed by atoms with Gasteiger partial charge >= 0.3 is 0 Å². The molecule has 1 amide bonds. The molecule has 6 nitrogen and oxygen atoms in total. The Bertz CT molecular complexity index is 871. The fraction of sp³-hybridized carbons (Fsp3) is 0.278. The first-order valence-corrected chi connectivity index (χ1v) is 9.99. The van der Waals surface area contributed by atoms with Gasteiger partial charge in [0.15, 0.2) is 0 Å². The van der Waals surface area contributed by atoms with Gasteiger partial charge < -0.3 is 10.1 Å². The summed E-state index contributed by atoms with van der Waals surface area (Å²) >= 11 is 6.04. The van der Waals surface area contributed by atoms with Crippen LogP contribution in [0.3, 0.4) is 0 Å². The SMILES string of the molecule is COc1cccc(NS(=O)(=O)CC(C)C(=O)NCc2ccccc2Cl)c1. The van der Waals surface area contributed by atoms with Crippen molar-refractivity contribution in [3.8, 4) is 5.75 Å². The lowest BCUT2D eigenvalue weighted by atomic mass is 10.2. The molecule has 0 aliphatic carbocycles. The molecule has 0 heterocycles. The van der Waals surface area contributed by atoms with E-state index in [1.165, 1.54) is 7.11 Å². The van der Waals surface area contributed by atoms with E-state index < -0.39 is 15.9 Å². The number of rotatable bonds is 8. The van der Waals surface area contributed by atoms with Gasteiger partial charge in [-0.1, -0.05) is 42.8 Å². The Morgan fingerprint density at radius 1 is 1.19 bits per heavy atom. The molecule has 1 atom stereocenters. The van der Waals surface area contributed by atoms with Crippen molar-refractivity contribution in [2.45, 2.75) is 13.5 Å². The lowest BCUT2D eigenvalue weighted by Gasteiger charge is -2.14. The molecule has 8 heteroatoms. The normalized spacial score (nSPS) is 12.3. The van der Waals surface area contributed by atoms with Crippen LogP contribution >= 0.6 is 11.6 Å². The van der Waals surface area contributed by atoms with Crippen LogP contribution in [0.2, 0.25) is 5.02 Å². The second-order valence-corrected chi connectivity index (χ2v) is 8.00. The summed E-state index contributed by atoms with van der Waals surface area (Å²) in [7, 11) is -2.19. The zero-order valence-corrected chi connectivity index (χ0v) is 16.1. The third-order valence-corrected chi connectivity index (χ3v) is 5.53. The monoisotopic (exact) mass is 396 g/mol. The number of methoxy groups -OCH3 is 1. The summed E-state index contributed by atoms with van der Waals surface area (Å²) in [6, 6.07) is 13.7. The van der Waals surface area contributed by atoms with E-state index in [9.17, 15) is 13.2 Å². The average Bonchev–Trinajstić information content (AvgIpc) is 2.60. The van der Waals surface area contributed by atoms with Crippen LogP contribution in [0.15, 0.2) is 48.5 Å². The van der Waals surface area contributed by atoms with Gasteiger partial charge in [-0.15, -0.1) is 0 Å². The highest BCUT2D eigenvalue weighted by atomic mass is 35.5. The number of halogens is 1. The minimum atomic E-state index is -3.69. The first-order valence-electron chi connectivity index (χ1n) is 7.96. The topological polar surface area (TPSA) is 84.5 Å². The third kappa shape index (κ3) is 5.93. The van der Waals surface area contributed by atoms with E-state index in [0.29, 0.717) is 16.5 Å². The Morgan fingerprint density at radius 3 is 2.62 bits per heavy atom. The Hall–Kier alpha value is -2.25. The van der Waals surface area contributed by atoms with Crippen LogP contribution < -0.4 is 14.8 Å². The molecule has 0 fully saturated rings. The number of ether oxygens (including phenoxy) is 1. The molecule has 2 aromatic carbocycles. The number of benzene rings is 2. The van der Waals surface area contributed by atoms with Crippen molar-refractivity contribution in [3.63, 3.8) is 0 Å². The smallest absolute Gasteiger partial charge is 0.233 e. The van der Waals surface area contributed by atoms with Crippen molar-refractivity contribution in [2.24, 2.45) is 5.92 Å². The van der Waals surface area contributed by atoms with Crippen LogP contribution in [0.1, 0.15) is 12.5 Å². The molecule has 0 saturated heterocycles. The van der Waals surface area contributed by atoms with Crippen LogP contribution in [0.4, 0.5) is 5.69 Å². The van der Waals surface area contributed by atoms with Crippen molar-refractivity contribution >= 4 is 33.2 Å². The van der Waals surface area contributed by atoms with Gasteiger partial charge in [-0.05, 0) is 23.8 Å². The van der Waals surface area contributed by atoms with Gasteiger partial charge in [0.05, 0.1) is 24.5 Å². The Kier molecular flexibility index (Phi) is 6.88. The molecule has 1 unspecified atom stereocenters. The second-order valence-electron chi connectivity index (χ2n) is 5.83. The fourth-order valence-corrected chi connectivity index (χ4v) is 3.89. The maximum atomic E-state index is 12.3. The maximum absolute atomic E-state index is 12.3. The first kappa shape index (κ1) is 20.1. The molecule has 0 aromatic heterocycles. The highest BCUT2D eigenvalue weighted by Crippen LogP contribution is 2.19. The quantitative estimate of drug-likeness (QED) is 0.718. The lowest BCUT2D eigenvalue weighted by Crippen LogP contribution is -2.34. The molecule has 2 rings (SSSR count). The lowest BCUT2D eigenvalue weighted by molar-refractivity contribution is -0.124. The predicted octanol–water partition coefficient (Wildman–Crippen LogP) is 3.04. The van der Waals surface area contributed by atoms with Gasteiger partial charge in [-0.2, -0.15) is 0 Å². The zero-order chi connectivity index (χ0) is 19.2. The number of anilines is 1. The van der Waals surface area contributed by atoms with Crippen molar-refractivity contribution in [1.29, 1.82) is 0 Å². The molecule has 0 radical (unpaired) electrons. The predicted molar refractivity (Wildman–Crippen MR) is 103 cm³/mol. The Labute approximate surface area is 158 Å². The summed E-state index contributed by atoms with van der Waals surface area (Å²) in [6.07, 6.45) is 0. The van der Waals surface area contributed by atoms with E-state index in [4.69, 9.17) is 16.3 Å². The van der Waals surface area contributed by atoms with E-state index in [2.05, 4.69) is 10.0 Å². The van der Waals surface area contributed by atoms with Crippen molar-refractivity contribution in [3.05, 3.63) is 59.1 Å². The maximum Gasteiger partial charge on any atom is 0.233 e. The largest absolute Gasteiger partial charge is 0.497 e. The molecule has 0 spiro atoms. The highest BCUT2D eigenvalue weighted by Gasteiger charge is 2.21. The van der Waals surface area contributed by atoms with Crippen molar-refractivity contribution in [2.75, 3.05) is 17.6 Å². The molecule has 2 aromatic rings. The van der Waals surface area contributed by atoms with E-state index in [-0.39, 0.29) is 18.2 Å². The standard InChI is InChI=1S/C18H21ClN2O4S/c1-13(18(22)20-11-14-6-3-4-9-17(14)19)12-26(23,24)21-15-7-5-8-16(10-15)25-2/h3-10,13,21H,11-12H2,1-2H3,(H,20,22). The molecule has 2 N–H and O–H groups in total. The van der Waals surface area contributed by atoms with Gasteiger partial charge in [0, 0.05) is 17.6 Å². The number of sulfonamides is 1. The van der Waals surface area contributed by atoms with Crippen molar-refractivity contribution < 1.29 is 17.9 Å². The molecular formula is C18H21ClN2O4S. The van der Waals surface area contributed by atoms with Crippen LogP contribution in [0.25, 0.3) is 0 Å². The molecule has 0 saturated carbocycles. The zero-order valence-electron chi connectivity index (χ0n) is 14.5. The summed E-state index contributed by atoms with van der Waals surface area (Å²) in [6.45, 7) is 1.80. The van der Waals surface area contributed by atoms with Gasteiger partial charge in [0.25, 0.3) is 0 Å². The van der Waals surface area contributed by atoms with E-state index in [1.807, 2.05) is 6.07 Å². The number of hydrogen-bond donors (Lipinski definition) is 2. The number of nitrogens with one attached hydrogen (secondary N) is 2. The molecular weight excluding hydrogens is 376 g/mol. The molecule has 0 bridgehead atoms. The minimum Gasteiger partial charge on any atom is -0.497 e. The van der Waals surface area contributed by atoms with Crippen molar-refractivity contribution in [1.82, 2.24) is 5.32 Å². The van der Waals surface area contributed by atoms with Gasteiger partial charge in [0.2, 0.25) is 15.9 Å². The highest BCUT2D eigenvalue weighted by molar-refractivity contribution is 7.92. The van der Waals surface area contributed by atoms with Gasteiger partial charge in [-0.3, -0.25) is 9.52 Å². The minimum absolute atomic E-state index is 0.242. The van der Waals surface area contributed by atoms with Crippen LogP contribution in [0.5, 0.6) is 5.75 Å². The number of hydrogen-bond acceptors (Lipinski definition) is 4. The van der Waals surface area contributed by atoms with Crippen LogP contribution in [0, 0.1) is 5.92 Å². The van der Waals surface area contributed by atoms with E-state index in [0.717, 1.165) is 5.56 Å². The average molecular weight is 397 g/mol. The summed E-state index contributed by atoms with van der Waals surface area (Å²) in [5.41, 5.74) is 1.15. The molecule has 140 valence electrons. The Balaban J connectivity index is 1.93. The van der Waals surface area contributed by atoms with Gasteiger partial charge in [0.1, 0.15) is 5.75 Å². The summed E-state index contributed by atoms with van der Waals surface area (Å²) < 4.78 is 32.1. The summed E-state index contributed by atoms with van der Waals surface area (Å²) in [4.78, 5) is 12.2. The third-order valence-electron chi connectivity index (χ3n) is 3.67. The Morgan fingerprint density at radius 2 is 1.92 bits per heavy atom. The van der Waals surface area contributed by atoms with Crippen LogP contribution in [-0.4, -0.2) is 27.2 Å². The molecule has 0 aliphatic heterocycles. The van der Waals surface area contributed by atoms with Gasteiger partial charge in [-0.25, -0.2) is 8.42 Å². The molecule has 26 heavy (non-hydrogen) atoms. The summed E-state index contributed by atoms with van der Waals surface area (Å²) in [5, 5.41) is 3.26. The number of carbonyl (C=O) groups excluding carboxylic acids is 1. The van der Waals surface area contributed by atoms with Crippen LogP contribution in [-0.2, 0) is 21.4 Å². The summed E-state index contributed by atoms with van der Waals surface area (Å²) in [5.74, 6) is -0.879. The molecule has 0 aliphatic rings. The van der Waals surface area contributed by atoms with E-state index in [1.54, 1.807) is 49.4 Å².